The van der Waals surface area contributed by atoms with Crippen LogP contribution in [0.25, 0.3) is 0 Å². The van der Waals surface area contributed by atoms with Crippen LogP contribution < -0.4 is 24.8 Å². The fourth-order valence-corrected chi connectivity index (χ4v) is 5.04. The van der Waals surface area contributed by atoms with Crippen LogP contribution in [0, 0.1) is 5.41 Å². The van der Waals surface area contributed by atoms with Crippen LogP contribution in [0.2, 0.25) is 0 Å². The van der Waals surface area contributed by atoms with Crippen LogP contribution in [-0.4, -0.2) is 33.0 Å². The van der Waals surface area contributed by atoms with Crippen molar-refractivity contribution in [3.63, 3.8) is 0 Å². The zero-order valence-electron chi connectivity index (χ0n) is 21.1. The van der Waals surface area contributed by atoms with Crippen molar-refractivity contribution in [2.75, 3.05) is 26.6 Å². The maximum absolute atomic E-state index is 13.8. The fourth-order valence-electron chi connectivity index (χ4n) is 5.04. The molecule has 4 rings (SSSR count). The number of ether oxygens (including phenoxy) is 3. The largest absolute Gasteiger partial charge is 0.495 e. The highest BCUT2D eigenvalue weighted by atomic mass is 16.5. The number of dihydropyridines is 1. The monoisotopic (exact) mass is 476 g/mol. The number of carbonyl (C=O) groups excluding carboxylic acids is 2. The highest BCUT2D eigenvalue weighted by Gasteiger charge is 2.43. The summed E-state index contributed by atoms with van der Waals surface area (Å²) in [5.41, 5.74) is 3.88. The average Bonchev–Trinajstić information content (AvgIpc) is 2.82. The van der Waals surface area contributed by atoms with E-state index >= 15 is 0 Å². The lowest BCUT2D eigenvalue weighted by atomic mass is 9.68. The molecule has 7 nitrogen and oxygen atoms in total. The molecular weight excluding hydrogens is 444 g/mol. The fraction of sp³-hybridized carbons (Fsp3) is 0.357. The maximum atomic E-state index is 13.8. The topological polar surface area (TPSA) is 85.9 Å². The summed E-state index contributed by atoms with van der Waals surface area (Å²) in [4.78, 5) is 27.3. The quantitative estimate of drug-likeness (QED) is 0.613. The molecule has 0 bridgehead atoms. The highest BCUT2D eigenvalue weighted by Crippen LogP contribution is 2.48. The molecule has 1 heterocycles. The molecular formula is C28H32N2O5. The first-order chi connectivity index (χ1) is 16.7. The van der Waals surface area contributed by atoms with Crippen LogP contribution >= 0.6 is 0 Å². The first kappa shape index (κ1) is 24.4. The molecule has 0 fully saturated rings. The van der Waals surface area contributed by atoms with E-state index in [1.807, 2.05) is 31.2 Å². The second-order valence-electron chi connectivity index (χ2n) is 9.70. The zero-order chi connectivity index (χ0) is 25.3. The van der Waals surface area contributed by atoms with Gasteiger partial charge in [0.05, 0.1) is 27.0 Å². The summed E-state index contributed by atoms with van der Waals surface area (Å²) >= 11 is 0. The molecule has 0 saturated heterocycles. The van der Waals surface area contributed by atoms with Crippen molar-refractivity contribution in [3.8, 4) is 17.2 Å². The van der Waals surface area contributed by atoms with Crippen LogP contribution in [0.1, 0.15) is 45.1 Å². The number of Topliss-reactive ketones (excluding diaryl/α,β-unsaturated/α-hetero) is 1. The first-order valence-corrected chi connectivity index (χ1v) is 11.6. The van der Waals surface area contributed by atoms with Gasteiger partial charge in [0.1, 0.15) is 5.75 Å². The third-order valence-corrected chi connectivity index (χ3v) is 6.58. The van der Waals surface area contributed by atoms with Gasteiger partial charge in [-0.3, -0.25) is 9.59 Å². The zero-order valence-corrected chi connectivity index (χ0v) is 21.1. The molecule has 2 aromatic rings. The summed E-state index contributed by atoms with van der Waals surface area (Å²) in [5, 5.41) is 6.38. The van der Waals surface area contributed by atoms with E-state index in [2.05, 4.69) is 24.5 Å². The summed E-state index contributed by atoms with van der Waals surface area (Å²) in [6.45, 7) is 6.05. The minimum atomic E-state index is -0.552. The Bertz CT molecular complexity index is 1240. The minimum absolute atomic E-state index is 0.0404. The summed E-state index contributed by atoms with van der Waals surface area (Å²) in [5.74, 6) is 0.861. The van der Waals surface area contributed by atoms with Crippen LogP contribution in [0.5, 0.6) is 17.2 Å². The van der Waals surface area contributed by atoms with Gasteiger partial charge in [-0.05, 0) is 48.6 Å². The van der Waals surface area contributed by atoms with Gasteiger partial charge in [-0.2, -0.15) is 0 Å². The number of benzene rings is 2. The molecule has 2 aliphatic rings. The lowest BCUT2D eigenvalue weighted by molar-refractivity contribution is -0.118. The Balaban J connectivity index is 1.85. The summed E-state index contributed by atoms with van der Waals surface area (Å²) < 4.78 is 16.4. The van der Waals surface area contributed by atoms with Gasteiger partial charge in [0, 0.05) is 34.9 Å². The van der Waals surface area contributed by atoms with Crippen molar-refractivity contribution < 1.29 is 23.8 Å². The van der Waals surface area contributed by atoms with Gasteiger partial charge in [0.25, 0.3) is 5.91 Å². The van der Waals surface area contributed by atoms with E-state index in [9.17, 15) is 9.59 Å². The number of hydrogen-bond donors (Lipinski definition) is 2. The highest BCUT2D eigenvalue weighted by molar-refractivity contribution is 6.10. The van der Waals surface area contributed by atoms with Gasteiger partial charge in [0.2, 0.25) is 0 Å². The Hall–Kier alpha value is -3.74. The normalized spacial score (nSPS) is 19.0. The number of anilines is 1. The smallest absolute Gasteiger partial charge is 0.254 e. The van der Waals surface area contributed by atoms with Crippen molar-refractivity contribution in [2.24, 2.45) is 5.41 Å². The van der Waals surface area contributed by atoms with Crippen molar-refractivity contribution in [1.29, 1.82) is 0 Å². The van der Waals surface area contributed by atoms with Crippen molar-refractivity contribution in [2.45, 2.75) is 39.5 Å². The molecule has 1 atom stereocenters. The number of para-hydroxylation sites is 2. The molecule has 2 N–H and O–H groups in total. The SMILES string of the molecule is COc1ccccc1NC(=O)C1=C(C)NC2=C(C(=O)CC(C)(C)C2)[C@H]1c1ccc(OC)c(OC)c1. The van der Waals surface area contributed by atoms with Crippen LogP contribution in [0.15, 0.2) is 65.0 Å². The van der Waals surface area contributed by atoms with Gasteiger partial charge in [-0.15, -0.1) is 0 Å². The molecule has 2 aromatic carbocycles. The van der Waals surface area contributed by atoms with Crippen molar-refractivity contribution in [1.82, 2.24) is 5.32 Å². The van der Waals surface area contributed by atoms with E-state index < -0.39 is 5.92 Å². The second-order valence-corrected chi connectivity index (χ2v) is 9.70. The molecule has 7 heteroatoms. The number of allylic oxidation sites excluding steroid dienone is 3. The van der Waals surface area contributed by atoms with Gasteiger partial charge in [-0.25, -0.2) is 0 Å². The number of amides is 1. The molecule has 0 unspecified atom stereocenters. The Morgan fingerprint density at radius 2 is 1.66 bits per heavy atom. The molecule has 1 aliphatic carbocycles. The van der Waals surface area contributed by atoms with E-state index in [1.165, 1.54) is 0 Å². The third kappa shape index (κ3) is 4.63. The van der Waals surface area contributed by atoms with E-state index in [-0.39, 0.29) is 17.1 Å². The molecule has 0 saturated carbocycles. The van der Waals surface area contributed by atoms with E-state index in [0.717, 1.165) is 17.7 Å². The van der Waals surface area contributed by atoms with E-state index in [4.69, 9.17) is 14.2 Å². The van der Waals surface area contributed by atoms with Crippen LogP contribution in [0.4, 0.5) is 5.69 Å². The standard InChI is InChI=1S/C28H32N2O5/c1-16-24(27(32)30-18-9-7-8-10-21(18)33-4)25(17-11-12-22(34-5)23(13-17)35-6)26-19(29-16)14-28(2,3)15-20(26)31/h7-13,25,29H,14-15H2,1-6H3,(H,30,32)/t25-/m0/s1. The predicted molar refractivity (Wildman–Crippen MR) is 135 cm³/mol. The first-order valence-electron chi connectivity index (χ1n) is 11.6. The van der Waals surface area contributed by atoms with Gasteiger partial charge in [0.15, 0.2) is 17.3 Å². The molecule has 35 heavy (non-hydrogen) atoms. The Morgan fingerprint density at radius 1 is 0.971 bits per heavy atom. The van der Waals surface area contributed by atoms with Crippen LogP contribution in [0.3, 0.4) is 0 Å². The van der Waals surface area contributed by atoms with Crippen molar-refractivity contribution in [3.05, 3.63) is 70.6 Å². The van der Waals surface area contributed by atoms with E-state index in [1.54, 1.807) is 39.5 Å². The predicted octanol–water partition coefficient (Wildman–Crippen LogP) is 4.96. The molecule has 1 aliphatic heterocycles. The van der Waals surface area contributed by atoms with Crippen molar-refractivity contribution >= 4 is 17.4 Å². The van der Waals surface area contributed by atoms with Gasteiger partial charge >= 0.3 is 0 Å². The van der Waals surface area contributed by atoms with E-state index in [0.29, 0.717) is 46.2 Å². The third-order valence-electron chi connectivity index (χ3n) is 6.58. The molecule has 0 aromatic heterocycles. The Labute approximate surface area is 206 Å². The molecule has 1 amide bonds. The molecule has 0 spiro atoms. The summed E-state index contributed by atoms with van der Waals surface area (Å²) in [7, 11) is 4.70. The number of carbonyl (C=O) groups is 2. The second kappa shape index (κ2) is 9.49. The molecule has 184 valence electrons. The lowest BCUT2D eigenvalue weighted by Gasteiger charge is -2.39. The number of ketones is 1. The summed E-state index contributed by atoms with van der Waals surface area (Å²) in [6.07, 6.45) is 1.13. The lowest BCUT2D eigenvalue weighted by Crippen LogP contribution is -2.39. The number of nitrogens with one attached hydrogen (secondary N) is 2. The average molecular weight is 477 g/mol. The van der Waals surface area contributed by atoms with Gasteiger partial charge in [-0.1, -0.05) is 32.0 Å². The number of rotatable bonds is 6. The van der Waals surface area contributed by atoms with Crippen LogP contribution in [-0.2, 0) is 9.59 Å². The Kier molecular flexibility index (Phi) is 6.61. The number of methoxy groups -OCH3 is 3. The molecule has 0 radical (unpaired) electrons. The van der Waals surface area contributed by atoms with Gasteiger partial charge < -0.3 is 24.8 Å². The maximum Gasteiger partial charge on any atom is 0.254 e. The minimum Gasteiger partial charge on any atom is -0.495 e. The Morgan fingerprint density at radius 3 is 2.34 bits per heavy atom. The summed E-state index contributed by atoms with van der Waals surface area (Å²) in [6, 6.07) is 12.8. The number of hydrogen-bond acceptors (Lipinski definition) is 6.